The zero-order valence-corrected chi connectivity index (χ0v) is 12.1. The van der Waals surface area contributed by atoms with Gasteiger partial charge in [0.1, 0.15) is 5.84 Å². The normalized spacial score (nSPS) is 46.7. The number of ether oxygens (including phenoxy) is 2. The SMILES string of the molecule is C[C@@H]1CO[C@@]2(N=C(N)[C@@]3(C#N)[C@@H](c4cccs4)[C@@]23C#N)O1. The summed E-state index contributed by atoms with van der Waals surface area (Å²) in [5, 5.41) is 21.5. The second kappa shape index (κ2) is 3.63. The first-order chi connectivity index (χ1) is 10.1. The number of nitrogens with two attached hydrogens (primary N) is 1. The van der Waals surface area contributed by atoms with Gasteiger partial charge in [0, 0.05) is 10.8 Å². The van der Waals surface area contributed by atoms with Gasteiger partial charge in [-0.2, -0.15) is 10.5 Å². The quantitative estimate of drug-likeness (QED) is 0.842. The number of aliphatic imine (C=N–C) groups is 1. The van der Waals surface area contributed by atoms with Gasteiger partial charge in [-0.3, -0.25) is 0 Å². The number of amidine groups is 1. The highest BCUT2D eigenvalue weighted by atomic mass is 32.1. The molecule has 21 heavy (non-hydrogen) atoms. The van der Waals surface area contributed by atoms with Crippen LogP contribution in [-0.2, 0) is 9.47 Å². The number of nitriles is 2. The Labute approximate surface area is 125 Å². The Balaban J connectivity index is 1.94. The minimum atomic E-state index is -1.45. The van der Waals surface area contributed by atoms with Crippen molar-refractivity contribution in [1.82, 2.24) is 0 Å². The monoisotopic (exact) mass is 300 g/mol. The van der Waals surface area contributed by atoms with Gasteiger partial charge in [0.15, 0.2) is 10.8 Å². The molecule has 1 aliphatic carbocycles. The minimum absolute atomic E-state index is 0.138. The summed E-state index contributed by atoms with van der Waals surface area (Å²) >= 11 is 1.50. The van der Waals surface area contributed by atoms with Gasteiger partial charge in [-0.25, -0.2) is 4.99 Å². The van der Waals surface area contributed by atoms with Crippen molar-refractivity contribution in [2.45, 2.75) is 24.9 Å². The average molecular weight is 300 g/mol. The molecule has 7 heteroatoms. The van der Waals surface area contributed by atoms with E-state index in [0.717, 1.165) is 4.88 Å². The molecule has 0 amide bonds. The molecule has 0 bridgehead atoms. The van der Waals surface area contributed by atoms with E-state index in [4.69, 9.17) is 15.2 Å². The molecule has 2 N–H and O–H groups in total. The molecule has 1 saturated heterocycles. The van der Waals surface area contributed by atoms with Crippen molar-refractivity contribution in [1.29, 1.82) is 10.5 Å². The van der Waals surface area contributed by atoms with Crippen LogP contribution in [0, 0.1) is 33.5 Å². The second-order valence-corrected chi connectivity index (χ2v) is 6.59. The molecular weight excluding hydrogens is 288 g/mol. The molecule has 1 aromatic heterocycles. The van der Waals surface area contributed by atoms with Gasteiger partial charge in [-0.1, -0.05) is 6.07 Å². The summed E-state index contributed by atoms with van der Waals surface area (Å²) < 4.78 is 11.6. The third-order valence-corrected chi connectivity index (χ3v) is 5.57. The van der Waals surface area contributed by atoms with Gasteiger partial charge in [-0.15, -0.1) is 11.3 Å². The summed E-state index contributed by atoms with van der Waals surface area (Å²) in [4.78, 5) is 5.19. The van der Waals surface area contributed by atoms with Crippen LogP contribution >= 0.6 is 11.3 Å². The topological polar surface area (TPSA) is 104 Å². The molecule has 3 heterocycles. The predicted octanol–water partition coefficient (Wildman–Crippen LogP) is 1.33. The molecule has 106 valence electrons. The molecule has 1 saturated carbocycles. The lowest BCUT2D eigenvalue weighted by Gasteiger charge is -2.26. The van der Waals surface area contributed by atoms with Crippen LogP contribution in [0.25, 0.3) is 0 Å². The molecule has 0 unspecified atom stereocenters. The molecule has 0 radical (unpaired) electrons. The standard InChI is InChI=1S/C14H12N4O2S/c1-8-5-19-14(20-8)13(7-16)10(9-3-2-4-21-9)12(13,6-15)11(17)18-14/h2-4,8,10H,5H2,1H3,(H2,17,18)/t8-,10-,12-,13-,14-/m1/s1. The highest BCUT2D eigenvalue weighted by Gasteiger charge is 2.94. The van der Waals surface area contributed by atoms with Gasteiger partial charge in [0.2, 0.25) is 0 Å². The highest BCUT2D eigenvalue weighted by Crippen LogP contribution is 2.82. The maximum absolute atomic E-state index is 9.88. The van der Waals surface area contributed by atoms with Crippen LogP contribution in [0.3, 0.4) is 0 Å². The molecule has 2 fully saturated rings. The fourth-order valence-electron chi connectivity index (χ4n) is 3.74. The van der Waals surface area contributed by atoms with E-state index in [1.165, 1.54) is 11.3 Å². The summed E-state index contributed by atoms with van der Waals surface area (Å²) in [6.45, 7) is 2.18. The highest BCUT2D eigenvalue weighted by molar-refractivity contribution is 7.10. The number of thiophene rings is 1. The first-order valence-corrected chi connectivity index (χ1v) is 7.49. The molecule has 1 aromatic rings. The molecule has 2 aliphatic heterocycles. The van der Waals surface area contributed by atoms with Crippen LogP contribution in [0.2, 0.25) is 0 Å². The zero-order chi connectivity index (χ0) is 14.9. The number of hydrogen-bond acceptors (Lipinski definition) is 7. The lowest BCUT2D eigenvalue weighted by Crippen LogP contribution is -2.39. The van der Waals surface area contributed by atoms with E-state index < -0.39 is 16.7 Å². The second-order valence-electron chi connectivity index (χ2n) is 5.61. The molecule has 6 nitrogen and oxygen atoms in total. The summed E-state index contributed by atoms with van der Waals surface area (Å²) in [7, 11) is 0. The largest absolute Gasteiger partial charge is 0.386 e. The van der Waals surface area contributed by atoms with Gasteiger partial charge in [0.25, 0.3) is 5.91 Å². The molecular formula is C14H12N4O2S. The Morgan fingerprint density at radius 2 is 2.29 bits per heavy atom. The number of hydrogen-bond donors (Lipinski definition) is 1. The van der Waals surface area contributed by atoms with Crippen molar-refractivity contribution >= 4 is 17.2 Å². The lowest BCUT2D eigenvalue weighted by atomic mass is 9.94. The van der Waals surface area contributed by atoms with Crippen LogP contribution in [0.5, 0.6) is 0 Å². The van der Waals surface area contributed by atoms with Crippen molar-refractivity contribution in [3.05, 3.63) is 22.4 Å². The van der Waals surface area contributed by atoms with Gasteiger partial charge in [0.05, 0.1) is 24.8 Å². The smallest absolute Gasteiger partial charge is 0.293 e. The zero-order valence-electron chi connectivity index (χ0n) is 11.2. The molecule has 3 aliphatic rings. The van der Waals surface area contributed by atoms with E-state index in [2.05, 4.69) is 17.1 Å². The maximum Gasteiger partial charge on any atom is 0.293 e. The molecule has 4 rings (SSSR count). The summed E-state index contributed by atoms with van der Waals surface area (Å²) in [6.07, 6.45) is -0.189. The first-order valence-electron chi connectivity index (χ1n) is 6.61. The third-order valence-electron chi connectivity index (χ3n) is 4.63. The van der Waals surface area contributed by atoms with Crippen LogP contribution < -0.4 is 5.73 Å². The Morgan fingerprint density at radius 1 is 1.48 bits per heavy atom. The maximum atomic E-state index is 9.88. The van der Waals surface area contributed by atoms with Crippen molar-refractivity contribution in [3.63, 3.8) is 0 Å². The Hall–Kier alpha value is -1.93. The number of nitrogens with zero attached hydrogens (tertiary/aromatic N) is 3. The third kappa shape index (κ3) is 1.10. The minimum Gasteiger partial charge on any atom is -0.386 e. The van der Waals surface area contributed by atoms with E-state index in [-0.39, 0.29) is 17.9 Å². The van der Waals surface area contributed by atoms with Crippen LogP contribution in [0.15, 0.2) is 22.5 Å². The fraction of sp³-hybridized carbons (Fsp3) is 0.500. The summed E-state index contributed by atoms with van der Waals surface area (Å²) in [5.41, 5.74) is 3.69. The van der Waals surface area contributed by atoms with Crippen molar-refractivity contribution < 1.29 is 9.47 Å². The van der Waals surface area contributed by atoms with E-state index >= 15 is 0 Å². The van der Waals surface area contributed by atoms with Crippen molar-refractivity contribution in [2.75, 3.05) is 6.61 Å². The average Bonchev–Trinajstić information content (AvgIpc) is 2.87. The lowest BCUT2D eigenvalue weighted by molar-refractivity contribution is -0.193. The molecule has 0 aromatic carbocycles. The number of rotatable bonds is 1. The van der Waals surface area contributed by atoms with E-state index in [1.807, 2.05) is 24.4 Å². The van der Waals surface area contributed by atoms with Gasteiger partial charge in [-0.05, 0) is 18.4 Å². The first kappa shape index (κ1) is 12.8. The van der Waals surface area contributed by atoms with Crippen LogP contribution in [0.1, 0.15) is 17.7 Å². The Kier molecular flexibility index (Phi) is 2.21. The van der Waals surface area contributed by atoms with Crippen molar-refractivity contribution in [3.8, 4) is 12.1 Å². The van der Waals surface area contributed by atoms with Gasteiger partial charge < -0.3 is 15.2 Å². The fourth-order valence-corrected chi connectivity index (χ4v) is 4.70. The van der Waals surface area contributed by atoms with Crippen LogP contribution in [0.4, 0.5) is 0 Å². The van der Waals surface area contributed by atoms with E-state index in [9.17, 15) is 10.5 Å². The molecule has 1 spiro atoms. The Bertz CT molecular complexity index is 733. The van der Waals surface area contributed by atoms with Gasteiger partial charge >= 0.3 is 0 Å². The number of fused-ring (bicyclic) bond motifs is 2. The summed E-state index contributed by atoms with van der Waals surface area (Å²) in [5.74, 6) is -1.67. The van der Waals surface area contributed by atoms with E-state index in [0.29, 0.717) is 6.61 Å². The Morgan fingerprint density at radius 3 is 2.81 bits per heavy atom. The summed E-state index contributed by atoms with van der Waals surface area (Å²) in [6, 6.07) is 8.30. The van der Waals surface area contributed by atoms with Crippen molar-refractivity contribution in [2.24, 2.45) is 21.6 Å². The predicted molar refractivity (Wildman–Crippen MR) is 74.0 cm³/mol. The van der Waals surface area contributed by atoms with E-state index in [1.54, 1.807) is 0 Å². The van der Waals surface area contributed by atoms with Crippen LogP contribution in [-0.4, -0.2) is 24.5 Å². The molecule has 5 atom stereocenters.